The number of likely N-dealkylation sites (tertiary alicyclic amines) is 1. The Bertz CT molecular complexity index is 471. The maximum atomic E-state index is 11.6. The molecule has 5 heteroatoms. The number of anilines is 2. The van der Waals surface area contributed by atoms with Crippen molar-refractivity contribution >= 4 is 17.3 Å². The SMILES string of the molecule is CCOC(=O)c1ccc(NCCCN2CCCC2)c(N)c1. The fourth-order valence-corrected chi connectivity index (χ4v) is 2.60. The van der Waals surface area contributed by atoms with E-state index in [0.717, 1.165) is 25.2 Å². The van der Waals surface area contributed by atoms with Crippen LogP contribution in [0.5, 0.6) is 0 Å². The average molecular weight is 291 g/mol. The Labute approximate surface area is 126 Å². The van der Waals surface area contributed by atoms with Gasteiger partial charge in [-0.05, 0) is 64.0 Å². The highest BCUT2D eigenvalue weighted by atomic mass is 16.5. The smallest absolute Gasteiger partial charge is 0.338 e. The van der Waals surface area contributed by atoms with Gasteiger partial charge in [-0.1, -0.05) is 0 Å². The van der Waals surface area contributed by atoms with Gasteiger partial charge in [-0.3, -0.25) is 0 Å². The lowest BCUT2D eigenvalue weighted by Gasteiger charge is -2.15. The van der Waals surface area contributed by atoms with Crippen LogP contribution in [0.1, 0.15) is 36.5 Å². The van der Waals surface area contributed by atoms with Crippen LogP contribution in [0.3, 0.4) is 0 Å². The predicted octanol–water partition coefficient (Wildman–Crippen LogP) is 2.34. The average Bonchev–Trinajstić information content (AvgIpc) is 2.98. The molecule has 1 aromatic carbocycles. The van der Waals surface area contributed by atoms with Crippen molar-refractivity contribution in [3.8, 4) is 0 Å². The van der Waals surface area contributed by atoms with Crippen molar-refractivity contribution in [2.75, 3.05) is 43.8 Å². The van der Waals surface area contributed by atoms with Crippen LogP contribution in [-0.4, -0.2) is 43.7 Å². The third-order valence-corrected chi connectivity index (χ3v) is 3.73. The Morgan fingerprint density at radius 1 is 1.38 bits per heavy atom. The molecule has 1 aliphatic heterocycles. The largest absolute Gasteiger partial charge is 0.462 e. The summed E-state index contributed by atoms with van der Waals surface area (Å²) in [5, 5.41) is 3.33. The number of carbonyl (C=O) groups excluding carboxylic acids is 1. The first kappa shape index (κ1) is 15.6. The lowest BCUT2D eigenvalue weighted by molar-refractivity contribution is 0.0526. The van der Waals surface area contributed by atoms with E-state index in [1.54, 1.807) is 19.1 Å². The van der Waals surface area contributed by atoms with Crippen LogP contribution in [0.4, 0.5) is 11.4 Å². The molecule has 0 aromatic heterocycles. The first-order valence-corrected chi connectivity index (χ1v) is 7.73. The predicted molar refractivity (Wildman–Crippen MR) is 85.6 cm³/mol. The van der Waals surface area contributed by atoms with E-state index in [1.165, 1.54) is 25.9 Å². The number of esters is 1. The van der Waals surface area contributed by atoms with E-state index in [-0.39, 0.29) is 5.97 Å². The minimum Gasteiger partial charge on any atom is -0.462 e. The number of nitrogen functional groups attached to an aromatic ring is 1. The Morgan fingerprint density at radius 3 is 2.81 bits per heavy atom. The first-order valence-electron chi connectivity index (χ1n) is 7.73. The van der Waals surface area contributed by atoms with Gasteiger partial charge in [0, 0.05) is 6.54 Å². The Hall–Kier alpha value is -1.75. The standard InChI is InChI=1S/C16H25N3O2/c1-2-21-16(20)13-6-7-15(14(17)12-13)18-8-5-11-19-9-3-4-10-19/h6-7,12,18H,2-5,8-11,17H2,1H3. The zero-order valence-corrected chi connectivity index (χ0v) is 12.7. The summed E-state index contributed by atoms with van der Waals surface area (Å²) in [5.74, 6) is -0.329. The van der Waals surface area contributed by atoms with Crippen LogP contribution in [0.15, 0.2) is 18.2 Å². The van der Waals surface area contributed by atoms with E-state index in [1.807, 2.05) is 6.07 Å². The number of benzene rings is 1. The van der Waals surface area contributed by atoms with Crippen molar-refractivity contribution in [2.45, 2.75) is 26.2 Å². The van der Waals surface area contributed by atoms with Crippen molar-refractivity contribution < 1.29 is 9.53 Å². The lowest BCUT2D eigenvalue weighted by atomic mass is 10.1. The van der Waals surface area contributed by atoms with Gasteiger partial charge in [0.2, 0.25) is 0 Å². The van der Waals surface area contributed by atoms with Gasteiger partial charge < -0.3 is 20.7 Å². The van der Waals surface area contributed by atoms with Gasteiger partial charge >= 0.3 is 5.97 Å². The Balaban J connectivity index is 1.78. The van der Waals surface area contributed by atoms with Crippen LogP contribution >= 0.6 is 0 Å². The maximum Gasteiger partial charge on any atom is 0.338 e. The highest BCUT2D eigenvalue weighted by Crippen LogP contribution is 2.20. The topological polar surface area (TPSA) is 67.6 Å². The van der Waals surface area contributed by atoms with E-state index in [2.05, 4.69) is 10.2 Å². The summed E-state index contributed by atoms with van der Waals surface area (Å²) in [6.45, 7) is 6.65. The van der Waals surface area contributed by atoms with E-state index in [4.69, 9.17) is 10.5 Å². The molecule has 0 unspecified atom stereocenters. The highest BCUT2D eigenvalue weighted by Gasteiger charge is 2.11. The molecule has 0 radical (unpaired) electrons. The molecule has 0 aliphatic carbocycles. The van der Waals surface area contributed by atoms with Crippen LogP contribution in [0.2, 0.25) is 0 Å². The number of nitrogens with zero attached hydrogens (tertiary/aromatic N) is 1. The van der Waals surface area contributed by atoms with Crippen molar-refractivity contribution in [1.29, 1.82) is 0 Å². The number of carbonyl (C=O) groups is 1. The monoisotopic (exact) mass is 291 g/mol. The van der Waals surface area contributed by atoms with E-state index < -0.39 is 0 Å². The molecule has 0 amide bonds. The Morgan fingerprint density at radius 2 is 2.14 bits per heavy atom. The fourth-order valence-electron chi connectivity index (χ4n) is 2.60. The van der Waals surface area contributed by atoms with Crippen LogP contribution in [-0.2, 0) is 4.74 Å². The van der Waals surface area contributed by atoms with Crippen molar-refractivity contribution in [2.24, 2.45) is 0 Å². The van der Waals surface area contributed by atoms with Crippen LogP contribution in [0, 0.1) is 0 Å². The zero-order valence-electron chi connectivity index (χ0n) is 12.7. The molecule has 116 valence electrons. The van der Waals surface area contributed by atoms with Gasteiger partial charge in [-0.25, -0.2) is 4.79 Å². The normalized spacial score (nSPS) is 15.1. The molecule has 1 aromatic rings. The second kappa shape index (κ2) is 7.88. The molecule has 21 heavy (non-hydrogen) atoms. The Kier molecular flexibility index (Phi) is 5.87. The number of hydrogen-bond acceptors (Lipinski definition) is 5. The highest BCUT2D eigenvalue weighted by molar-refractivity contribution is 5.91. The number of nitrogens with two attached hydrogens (primary N) is 1. The zero-order chi connectivity index (χ0) is 15.1. The molecular weight excluding hydrogens is 266 g/mol. The van der Waals surface area contributed by atoms with Crippen molar-refractivity contribution in [3.05, 3.63) is 23.8 Å². The summed E-state index contributed by atoms with van der Waals surface area (Å²) in [5.41, 5.74) is 7.94. The fraction of sp³-hybridized carbons (Fsp3) is 0.562. The number of nitrogens with one attached hydrogen (secondary N) is 1. The van der Waals surface area contributed by atoms with Gasteiger partial charge in [0.1, 0.15) is 0 Å². The summed E-state index contributed by atoms with van der Waals surface area (Å²) in [6.07, 6.45) is 3.75. The van der Waals surface area contributed by atoms with E-state index in [9.17, 15) is 4.79 Å². The molecule has 5 nitrogen and oxygen atoms in total. The molecule has 1 saturated heterocycles. The third-order valence-electron chi connectivity index (χ3n) is 3.73. The van der Waals surface area contributed by atoms with Gasteiger partial charge in [-0.2, -0.15) is 0 Å². The molecule has 1 aliphatic rings. The van der Waals surface area contributed by atoms with E-state index >= 15 is 0 Å². The number of ether oxygens (including phenoxy) is 1. The summed E-state index contributed by atoms with van der Waals surface area (Å²) in [4.78, 5) is 14.1. The van der Waals surface area contributed by atoms with Gasteiger partial charge in [0.15, 0.2) is 0 Å². The van der Waals surface area contributed by atoms with Gasteiger partial charge in [0.05, 0.1) is 23.5 Å². The van der Waals surface area contributed by atoms with E-state index in [0.29, 0.717) is 17.9 Å². The third kappa shape index (κ3) is 4.63. The minimum absolute atomic E-state index is 0.329. The lowest BCUT2D eigenvalue weighted by Crippen LogP contribution is -2.22. The second-order valence-electron chi connectivity index (χ2n) is 5.35. The number of rotatable bonds is 7. The molecule has 1 fully saturated rings. The summed E-state index contributed by atoms with van der Waals surface area (Å²) >= 11 is 0. The van der Waals surface area contributed by atoms with Gasteiger partial charge in [-0.15, -0.1) is 0 Å². The number of hydrogen-bond donors (Lipinski definition) is 2. The van der Waals surface area contributed by atoms with Crippen LogP contribution in [0.25, 0.3) is 0 Å². The van der Waals surface area contributed by atoms with Crippen molar-refractivity contribution in [3.63, 3.8) is 0 Å². The molecule has 2 rings (SSSR count). The summed E-state index contributed by atoms with van der Waals surface area (Å²) < 4.78 is 4.96. The molecule has 0 atom stereocenters. The molecule has 0 bridgehead atoms. The quantitative estimate of drug-likeness (QED) is 0.458. The van der Waals surface area contributed by atoms with Crippen molar-refractivity contribution in [1.82, 2.24) is 4.90 Å². The molecule has 3 N–H and O–H groups in total. The molecule has 0 spiro atoms. The maximum absolute atomic E-state index is 11.6. The van der Waals surface area contributed by atoms with Gasteiger partial charge in [0.25, 0.3) is 0 Å². The molecule has 1 heterocycles. The summed E-state index contributed by atoms with van der Waals surface area (Å²) in [6, 6.07) is 5.26. The second-order valence-corrected chi connectivity index (χ2v) is 5.35. The first-order chi connectivity index (χ1) is 10.2. The molecular formula is C16H25N3O2. The summed E-state index contributed by atoms with van der Waals surface area (Å²) in [7, 11) is 0. The molecule has 0 saturated carbocycles. The van der Waals surface area contributed by atoms with Crippen LogP contribution < -0.4 is 11.1 Å². The minimum atomic E-state index is -0.329.